The summed E-state index contributed by atoms with van der Waals surface area (Å²) in [5.41, 5.74) is 8.53. The number of methoxy groups -OCH3 is 2. The SMILES string of the molecule is CCN(C)c1c(N)ccc(OC)c1CNC(=O)c1ccc(OC)s1. The summed E-state index contributed by atoms with van der Waals surface area (Å²) < 4.78 is 10.6. The Labute approximate surface area is 146 Å². The molecule has 1 aromatic heterocycles. The summed E-state index contributed by atoms with van der Waals surface area (Å²) in [5, 5.41) is 3.63. The molecule has 0 aliphatic rings. The Balaban J connectivity index is 2.24. The zero-order valence-corrected chi connectivity index (χ0v) is 15.2. The topological polar surface area (TPSA) is 76.8 Å². The van der Waals surface area contributed by atoms with E-state index in [4.69, 9.17) is 15.2 Å². The van der Waals surface area contributed by atoms with Gasteiger partial charge in [-0.3, -0.25) is 4.79 Å². The van der Waals surface area contributed by atoms with Crippen LogP contribution in [0.4, 0.5) is 11.4 Å². The van der Waals surface area contributed by atoms with Crippen molar-refractivity contribution in [1.82, 2.24) is 5.32 Å². The van der Waals surface area contributed by atoms with Gasteiger partial charge in [-0.2, -0.15) is 0 Å². The Morgan fingerprint density at radius 2 is 2.00 bits per heavy atom. The highest BCUT2D eigenvalue weighted by atomic mass is 32.1. The first-order valence-electron chi connectivity index (χ1n) is 7.60. The summed E-state index contributed by atoms with van der Waals surface area (Å²) in [6, 6.07) is 7.15. The van der Waals surface area contributed by atoms with Crippen LogP contribution in [0.15, 0.2) is 24.3 Å². The number of ether oxygens (including phenoxy) is 2. The molecule has 6 nitrogen and oxygen atoms in total. The molecule has 2 rings (SSSR count). The van der Waals surface area contributed by atoms with Crippen molar-refractivity contribution in [2.75, 3.05) is 38.4 Å². The van der Waals surface area contributed by atoms with Crippen molar-refractivity contribution in [2.45, 2.75) is 13.5 Å². The average Bonchev–Trinajstić information content (AvgIpc) is 3.08. The number of thiophene rings is 1. The Morgan fingerprint density at radius 1 is 1.25 bits per heavy atom. The monoisotopic (exact) mass is 349 g/mol. The highest BCUT2D eigenvalue weighted by Gasteiger charge is 2.17. The molecule has 0 saturated heterocycles. The van der Waals surface area contributed by atoms with Crippen LogP contribution >= 0.6 is 11.3 Å². The fraction of sp³-hybridized carbons (Fsp3) is 0.353. The van der Waals surface area contributed by atoms with Gasteiger partial charge in [-0.25, -0.2) is 0 Å². The van der Waals surface area contributed by atoms with Crippen LogP contribution in [0.5, 0.6) is 10.8 Å². The maximum atomic E-state index is 12.3. The fourth-order valence-electron chi connectivity index (χ4n) is 2.41. The molecule has 2 aromatic rings. The van der Waals surface area contributed by atoms with Crippen molar-refractivity contribution < 1.29 is 14.3 Å². The number of rotatable bonds is 7. The van der Waals surface area contributed by atoms with Gasteiger partial charge in [0.1, 0.15) is 5.75 Å². The van der Waals surface area contributed by atoms with Gasteiger partial charge < -0.3 is 25.4 Å². The molecule has 130 valence electrons. The van der Waals surface area contributed by atoms with E-state index in [2.05, 4.69) is 5.32 Å². The minimum absolute atomic E-state index is 0.155. The number of carbonyl (C=O) groups excluding carboxylic acids is 1. The second-order valence-corrected chi connectivity index (χ2v) is 6.25. The van der Waals surface area contributed by atoms with Gasteiger partial charge in [0.2, 0.25) is 0 Å². The van der Waals surface area contributed by atoms with E-state index in [-0.39, 0.29) is 5.91 Å². The lowest BCUT2D eigenvalue weighted by atomic mass is 10.1. The molecular formula is C17H23N3O3S. The molecule has 0 radical (unpaired) electrons. The number of nitrogens with one attached hydrogen (secondary N) is 1. The quantitative estimate of drug-likeness (QED) is 0.752. The standard InChI is InChI=1S/C17H23N3O3S/c1-5-20(2)16-11(13(22-3)7-6-12(16)18)10-19-17(21)14-8-9-15(23-4)24-14/h6-9H,5,10,18H2,1-4H3,(H,19,21). The first-order valence-corrected chi connectivity index (χ1v) is 8.41. The third-order valence-corrected chi connectivity index (χ3v) is 4.82. The van der Waals surface area contributed by atoms with Gasteiger partial charge in [0.25, 0.3) is 5.91 Å². The molecule has 0 bridgehead atoms. The number of carbonyl (C=O) groups is 1. The molecule has 1 aromatic carbocycles. The summed E-state index contributed by atoms with van der Waals surface area (Å²) in [4.78, 5) is 15.0. The van der Waals surface area contributed by atoms with Crippen LogP contribution in [-0.2, 0) is 6.54 Å². The van der Waals surface area contributed by atoms with Crippen LogP contribution in [-0.4, -0.2) is 33.7 Å². The summed E-state index contributed by atoms with van der Waals surface area (Å²) in [6.07, 6.45) is 0. The molecule has 1 heterocycles. The summed E-state index contributed by atoms with van der Waals surface area (Å²) in [6.45, 7) is 3.16. The van der Waals surface area contributed by atoms with Gasteiger partial charge in [0.15, 0.2) is 5.06 Å². The van der Waals surface area contributed by atoms with Gasteiger partial charge in [-0.05, 0) is 31.2 Å². The molecule has 0 saturated carbocycles. The lowest BCUT2D eigenvalue weighted by molar-refractivity contribution is 0.0955. The second-order valence-electron chi connectivity index (χ2n) is 5.20. The highest BCUT2D eigenvalue weighted by Crippen LogP contribution is 2.34. The number of nitrogens with zero attached hydrogens (tertiary/aromatic N) is 1. The summed E-state index contributed by atoms with van der Waals surface area (Å²) in [7, 11) is 5.15. The van der Waals surface area contributed by atoms with E-state index in [1.54, 1.807) is 26.4 Å². The van der Waals surface area contributed by atoms with Crippen LogP contribution in [0, 0.1) is 0 Å². The Hall–Kier alpha value is -2.41. The summed E-state index contributed by atoms with van der Waals surface area (Å²) >= 11 is 1.30. The first kappa shape index (κ1) is 17.9. The minimum Gasteiger partial charge on any atom is -0.496 e. The molecule has 0 aliphatic carbocycles. The van der Waals surface area contributed by atoms with Crippen molar-refractivity contribution in [3.8, 4) is 10.8 Å². The average molecular weight is 349 g/mol. The smallest absolute Gasteiger partial charge is 0.261 e. The van der Waals surface area contributed by atoms with E-state index in [1.165, 1.54) is 11.3 Å². The van der Waals surface area contributed by atoms with Crippen molar-refractivity contribution in [2.24, 2.45) is 0 Å². The second kappa shape index (κ2) is 7.92. The highest BCUT2D eigenvalue weighted by molar-refractivity contribution is 7.15. The number of nitrogen functional groups attached to an aromatic ring is 1. The molecule has 3 N–H and O–H groups in total. The van der Waals surface area contributed by atoms with Crippen molar-refractivity contribution in [3.63, 3.8) is 0 Å². The van der Waals surface area contributed by atoms with Crippen LogP contribution in [0.2, 0.25) is 0 Å². The molecule has 1 amide bonds. The van der Waals surface area contributed by atoms with E-state index in [1.807, 2.05) is 31.0 Å². The lowest BCUT2D eigenvalue weighted by Crippen LogP contribution is -2.25. The minimum atomic E-state index is -0.155. The van der Waals surface area contributed by atoms with Gasteiger partial charge in [-0.1, -0.05) is 11.3 Å². The lowest BCUT2D eigenvalue weighted by Gasteiger charge is -2.24. The van der Waals surface area contributed by atoms with Crippen molar-refractivity contribution in [3.05, 3.63) is 34.7 Å². The normalized spacial score (nSPS) is 10.3. The maximum Gasteiger partial charge on any atom is 0.261 e. The van der Waals surface area contributed by atoms with Crippen molar-refractivity contribution >= 4 is 28.6 Å². The maximum absolute atomic E-state index is 12.3. The van der Waals surface area contributed by atoms with Gasteiger partial charge in [0.05, 0.1) is 30.5 Å². The number of anilines is 2. The van der Waals surface area contributed by atoms with Gasteiger partial charge in [-0.15, -0.1) is 0 Å². The zero-order chi connectivity index (χ0) is 17.7. The molecule has 0 unspecified atom stereocenters. The fourth-order valence-corrected chi connectivity index (χ4v) is 3.15. The summed E-state index contributed by atoms with van der Waals surface area (Å²) in [5.74, 6) is 0.543. The van der Waals surface area contributed by atoms with Crippen LogP contribution in [0.25, 0.3) is 0 Å². The Bertz CT molecular complexity index is 715. The number of amides is 1. The molecule has 0 spiro atoms. The third-order valence-electron chi connectivity index (χ3n) is 3.78. The number of benzene rings is 1. The predicted molar refractivity (Wildman–Crippen MR) is 98.4 cm³/mol. The van der Waals surface area contributed by atoms with E-state index in [9.17, 15) is 4.79 Å². The van der Waals surface area contributed by atoms with Crippen LogP contribution < -0.4 is 25.4 Å². The van der Waals surface area contributed by atoms with E-state index in [0.717, 1.165) is 17.8 Å². The molecule has 0 aliphatic heterocycles. The van der Waals surface area contributed by atoms with Crippen LogP contribution in [0.3, 0.4) is 0 Å². The molecule has 0 atom stereocenters. The molecule has 24 heavy (non-hydrogen) atoms. The van der Waals surface area contributed by atoms with Gasteiger partial charge >= 0.3 is 0 Å². The molecule has 0 fully saturated rings. The zero-order valence-electron chi connectivity index (χ0n) is 14.4. The third kappa shape index (κ3) is 3.73. The van der Waals surface area contributed by atoms with Crippen LogP contribution in [0.1, 0.15) is 22.2 Å². The van der Waals surface area contributed by atoms with E-state index < -0.39 is 0 Å². The molecular weight excluding hydrogens is 326 g/mol. The Morgan fingerprint density at radius 3 is 2.58 bits per heavy atom. The van der Waals surface area contributed by atoms with E-state index >= 15 is 0 Å². The predicted octanol–water partition coefficient (Wildman–Crippen LogP) is 2.73. The van der Waals surface area contributed by atoms with Crippen molar-refractivity contribution in [1.29, 1.82) is 0 Å². The number of hydrogen-bond donors (Lipinski definition) is 2. The largest absolute Gasteiger partial charge is 0.496 e. The first-order chi connectivity index (χ1) is 11.5. The van der Waals surface area contributed by atoms with E-state index in [0.29, 0.717) is 27.9 Å². The number of hydrogen-bond acceptors (Lipinski definition) is 6. The van der Waals surface area contributed by atoms with Gasteiger partial charge in [0, 0.05) is 25.7 Å². The molecule has 7 heteroatoms. The Kier molecular flexibility index (Phi) is 5.92. The number of nitrogens with two attached hydrogens (primary N) is 1.